The van der Waals surface area contributed by atoms with Crippen LogP contribution >= 0.6 is 0 Å². The molecule has 0 radical (unpaired) electrons. The Balaban J connectivity index is 0.000000370. The van der Waals surface area contributed by atoms with Crippen molar-refractivity contribution in [1.29, 1.82) is 0 Å². The van der Waals surface area contributed by atoms with Crippen molar-refractivity contribution in [2.24, 2.45) is 0 Å². The van der Waals surface area contributed by atoms with Crippen LogP contribution in [-0.2, 0) is 6.18 Å². The summed E-state index contributed by atoms with van der Waals surface area (Å²) in [5, 5.41) is 4.74. The SMILES string of the molecule is CCCC(F)CN(C)/C=C\c1cc(-c2ncc(OC)cn2)c(F)cc1C=O.Nc1cn[nH]c(=O)c1C(F)(F)F. The number of hydrogen-bond acceptors (Lipinski definition) is 8. The standard InChI is InChI=1S/C20H23F2N3O2.C5H4F3N3O/c1-4-5-16(21)12-25(2)7-6-14-8-18(19(22)9-15(14)13-26)20-23-10-17(27-3)11-24-20;6-5(7,8)3-2(9)1-10-11-4(3)12/h6-11,13,16H,4-5,12H2,1-3H3;1H,(H3,9,11,12)/b7-6-;. The molecule has 1 atom stereocenters. The molecule has 3 N–H and O–H groups in total. The zero-order valence-corrected chi connectivity index (χ0v) is 21.3. The number of nitrogens with two attached hydrogens (primary N) is 1. The van der Waals surface area contributed by atoms with Crippen molar-refractivity contribution in [3.8, 4) is 17.1 Å². The molecule has 0 aliphatic carbocycles. The van der Waals surface area contributed by atoms with Gasteiger partial charge in [0, 0.05) is 19.2 Å². The minimum absolute atomic E-state index is 0.167. The Hall–Kier alpha value is -4.36. The van der Waals surface area contributed by atoms with Crippen LogP contribution < -0.4 is 16.0 Å². The summed E-state index contributed by atoms with van der Waals surface area (Å²) in [4.78, 5) is 31.7. The molecule has 39 heavy (non-hydrogen) atoms. The predicted octanol–water partition coefficient (Wildman–Crippen LogP) is 4.52. The van der Waals surface area contributed by atoms with Gasteiger partial charge in [0.2, 0.25) is 0 Å². The Morgan fingerprint density at radius 1 is 1.18 bits per heavy atom. The molecule has 1 unspecified atom stereocenters. The Morgan fingerprint density at radius 3 is 2.36 bits per heavy atom. The summed E-state index contributed by atoms with van der Waals surface area (Å²) < 4.78 is 69.0. The van der Waals surface area contributed by atoms with E-state index in [0.717, 1.165) is 18.7 Å². The zero-order chi connectivity index (χ0) is 29.2. The summed E-state index contributed by atoms with van der Waals surface area (Å²) in [5.41, 5.74) is 2.35. The number of rotatable bonds is 9. The summed E-state index contributed by atoms with van der Waals surface area (Å²) in [6.45, 7) is 2.18. The summed E-state index contributed by atoms with van der Waals surface area (Å²) in [7, 11) is 3.23. The molecule has 0 fully saturated rings. The molecule has 0 amide bonds. The minimum Gasteiger partial charge on any atom is -0.494 e. The number of nitrogens with zero attached hydrogens (tertiary/aromatic N) is 4. The summed E-state index contributed by atoms with van der Waals surface area (Å²) in [6, 6.07) is 2.65. The molecule has 9 nitrogen and oxygen atoms in total. The van der Waals surface area contributed by atoms with E-state index in [1.807, 2.05) is 6.92 Å². The number of nitrogens with one attached hydrogen (secondary N) is 1. The Labute approximate surface area is 220 Å². The number of aldehydes is 1. The number of aromatic nitrogens is 4. The third kappa shape index (κ3) is 8.86. The topological polar surface area (TPSA) is 127 Å². The van der Waals surface area contributed by atoms with Crippen LogP contribution in [0, 0.1) is 5.82 Å². The average molecular weight is 555 g/mol. The van der Waals surface area contributed by atoms with Gasteiger partial charge in [0.25, 0.3) is 5.56 Å². The fourth-order valence-electron chi connectivity index (χ4n) is 3.27. The van der Waals surface area contributed by atoms with Crippen LogP contribution in [0.3, 0.4) is 0 Å². The van der Waals surface area contributed by atoms with Gasteiger partial charge in [-0.2, -0.15) is 18.3 Å². The van der Waals surface area contributed by atoms with Crippen molar-refractivity contribution in [3.63, 3.8) is 0 Å². The van der Waals surface area contributed by atoms with Gasteiger partial charge in [-0.1, -0.05) is 13.3 Å². The predicted molar refractivity (Wildman–Crippen MR) is 135 cm³/mol. The summed E-state index contributed by atoms with van der Waals surface area (Å²) in [5.74, 6) is 0.0401. The second-order valence-corrected chi connectivity index (χ2v) is 8.19. The molecule has 1 aromatic carbocycles. The van der Waals surface area contributed by atoms with Gasteiger partial charge in [-0.05, 0) is 36.4 Å². The summed E-state index contributed by atoms with van der Waals surface area (Å²) >= 11 is 0. The first-order chi connectivity index (χ1) is 18.4. The molecule has 2 aromatic heterocycles. The smallest absolute Gasteiger partial charge is 0.423 e. The van der Waals surface area contributed by atoms with Crippen molar-refractivity contribution in [3.05, 3.63) is 69.8 Å². The van der Waals surface area contributed by atoms with Gasteiger partial charge in [0.1, 0.15) is 17.6 Å². The highest BCUT2D eigenvalue weighted by molar-refractivity contribution is 5.84. The number of methoxy groups -OCH3 is 1. The average Bonchev–Trinajstić information content (AvgIpc) is 2.87. The van der Waals surface area contributed by atoms with Gasteiger partial charge in [-0.3, -0.25) is 9.59 Å². The van der Waals surface area contributed by atoms with Gasteiger partial charge >= 0.3 is 6.18 Å². The molecule has 0 spiro atoms. The van der Waals surface area contributed by atoms with Gasteiger partial charge in [0.15, 0.2) is 17.9 Å². The molecule has 14 heteroatoms. The molecular weight excluding hydrogens is 527 g/mol. The van der Waals surface area contributed by atoms with Gasteiger partial charge in [0.05, 0.1) is 37.0 Å². The van der Waals surface area contributed by atoms with E-state index in [1.54, 1.807) is 29.3 Å². The van der Waals surface area contributed by atoms with Crippen LogP contribution in [0.15, 0.2) is 41.7 Å². The van der Waals surface area contributed by atoms with Crippen molar-refractivity contribution < 1.29 is 31.5 Å². The molecule has 0 aliphatic heterocycles. The zero-order valence-electron chi connectivity index (χ0n) is 21.3. The highest BCUT2D eigenvalue weighted by atomic mass is 19.4. The Kier molecular flexibility index (Phi) is 11.1. The lowest BCUT2D eigenvalue weighted by Crippen LogP contribution is -2.24. The van der Waals surface area contributed by atoms with Crippen molar-refractivity contribution in [2.45, 2.75) is 32.1 Å². The molecular formula is C25H27F5N6O3. The first-order valence-electron chi connectivity index (χ1n) is 11.5. The number of carbonyl (C=O) groups excluding carboxylic acids is 1. The first-order valence-corrected chi connectivity index (χ1v) is 11.5. The van der Waals surface area contributed by atoms with E-state index in [4.69, 9.17) is 10.5 Å². The molecule has 3 rings (SSSR count). The van der Waals surface area contributed by atoms with E-state index in [1.165, 1.54) is 25.6 Å². The lowest BCUT2D eigenvalue weighted by molar-refractivity contribution is -0.138. The number of benzene rings is 1. The number of H-pyrrole nitrogens is 1. The number of carbonyl (C=O) groups is 1. The molecule has 0 bridgehead atoms. The monoisotopic (exact) mass is 554 g/mol. The maximum atomic E-state index is 14.4. The molecule has 0 saturated carbocycles. The van der Waals surface area contributed by atoms with E-state index in [9.17, 15) is 31.5 Å². The maximum absolute atomic E-state index is 14.4. The third-order valence-electron chi connectivity index (χ3n) is 5.17. The lowest BCUT2D eigenvalue weighted by atomic mass is 10.0. The van der Waals surface area contributed by atoms with E-state index in [0.29, 0.717) is 24.0 Å². The van der Waals surface area contributed by atoms with E-state index < -0.39 is 35.0 Å². The maximum Gasteiger partial charge on any atom is 0.423 e. The van der Waals surface area contributed by atoms with Crippen LogP contribution in [0.4, 0.5) is 27.6 Å². The van der Waals surface area contributed by atoms with Crippen LogP contribution in [0.2, 0.25) is 0 Å². The highest BCUT2D eigenvalue weighted by Crippen LogP contribution is 2.29. The Bertz CT molecular complexity index is 1330. The van der Waals surface area contributed by atoms with Crippen molar-refractivity contribution >= 4 is 18.0 Å². The number of aromatic amines is 1. The number of nitrogen functional groups attached to an aromatic ring is 1. The largest absolute Gasteiger partial charge is 0.494 e. The molecule has 210 valence electrons. The quantitative estimate of drug-likeness (QED) is 0.292. The van der Waals surface area contributed by atoms with E-state index in [-0.39, 0.29) is 23.5 Å². The van der Waals surface area contributed by atoms with Gasteiger partial charge in [-0.15, -0.1) is 0 Å². The number of ether oxygens (including phenoxy) is 1. The Morgan fingerprint density at radius 2 is 1.85 bits per heavy atom. The van der Waals surface area contributed by atoms with Gasteiger partial charge < -0.3 is 15.4 Å². The molecule has 2 heterocycles. The second kappa shape index (κ2) is 14.0. The fourth-order valence-corrected chi connectivity index (χ4v) is 3.27. The highest BCUT2D eigenvalue weighted by Gasteiger charge is 2.36. The fraction of sp³-hybridized carbons (Fsp3) is 0.320. The van der Waals surface area contributed by atoms with Crippen LogP contribution in [0.5, 0.6) is 5.75 Å². The number of alkyl halides is 4. The van der Waals surface area contributed by atoms with Crippen LogP contribution in [0.1, 0.15) is 41.3 Å². The number of hydrogen-bond donors (Lipinski definition) is 2. The molecule has 0 aliphatic rings. The molecule has 3 aromatic rings. The molecule has 0 saturated heterocycles. The normalized spacial score (nSPS) is 12.0. The van der Waals surface area contributed by atoms with Crippen molar-refractivity contribution in [1.82, 2.24) is 25.1 Å². The van der Waals surface area contributed by atoms with Crippen LogP contribution in [-0.4, -0.2) is 58.2 Å². The first kappa shape index (κ1) is 30.9. The second-order valence-electron chi connectivity index (χ2n) is 8.19. The van der Waals surface area contributed by atoms with Gasteiger partial charge in [-0.25, -0.2) is 23.8 Å². The van der Waals surface area contributed by atoms with Crippen molar-refractivity contribution in [2.75, 3.05) is 26.4 Å². The lowest BCUT2D eigenvalue weighted by Gasteiger charge is -2.17. The third-order valence-corrected chi connectivity index (χ3v) is 5.17. The number of anilines is 1. The van der Waals surface area contributed by atoms with E-state index >= 15 is 0 Å². The van der Waals surface area contributed by atoms with E-state index in [2.05, 4.69) is 15.1 Å². The van der Waals surface area contributed by atoms with Crippen LogP contribution in [0.25, 0.3) is 17.5 Å². The summed E-state index contributed by atoms with van der Waals surface area (Å²) in [6.07, 6.45) is 3.12. The minimum atomic E-state index is -4.74. The number of halogens is 5.